The molecule has 0 aromatic heterocycles. The summed E-state index contributed by atoms with van der Waals surface area (Å²) in [7, 11) is 0. The predicted molar refractivity (Wildman–Crippen MR) is 67.3 cm³/mol. The van der Waals surface area contributed by atoms with Crippen LogP contribution in [0.25, 0.3) is 0 Å². The molecule has 16 heavy (non-hydrogen) atoms. The third kappa shape index (κ3) is 3.23. The molecule has 2 rings (SSSR count). The Hall–Kier alpha value is -1.57. The van der Waals surface area contributed by atoms with E-state index in [1.165, 1.54) is 0 Å². The summed E-state index contributed by atoms with van der Waals surface area (Å²) < 4.78 is 1.09. The average Bonchev–Trinajstić information content (AvgIpc) is 2.31. The molecule has 0 aliphatic carbocycles. The third-order valence-electron chi connectivity index (χ3n) is 1.97. The molecule has 1 N–H and O–H groups in total. The Morgan fingerprint density at radius 3 is 2.06 bits per heavy atom. The number of anilines is 1. The molecule has 0 saturated heterocycles. The van der Waals surface area contributed by atoms with E-state index in [2.05, 4.69) is 5.32 Å². The fourth-order valence-corrected chi connectivity index (χ4v) is 2.68. The molecule has 80 valence electrons. The van der Waals surface area contributed by atoms with Crippen molar-refractivity contribution in [2.45, 2.75) is 0 Å². The first-order valence-electron chi connectivity index (χ1n) is 4.93. The molecule has 3 heteroatoms. The van der Waals surface area contributed by atoms with Crippen molar-refractivity contribution < 1.29 is 4.79 Å². The van der Waals surface area contributed by atoms with E-state index >= 15 is 0 Å². The number of amides is 1. The molecule has 2 aromatic rings. The van der Waals surface area contributed by atoms with Crippen molar-refractivity contribution in [1.29, 1.82) is 0 Å². The van der Waals surface area contributed by atoms with Gasteiger partial charge in [0.25, 0.3) is 0 Å². The fourth-order valence-electron chi connectivity index (χ4n) is 1.26. The van der Waals surface area contributed by atoms with E-state index in [9.17, 15) is 4.79 Å². The Labute approximate surface area is 101 Å². The summed E-state index contributed by atoms with van der Waals surface area (Å²) >= 11 is -0.170. The molecule has 0 unspecified atom stereocenters. The van der Waals surface area contributed by atoms with Gasteiger partial charge in [0.2, 0.25) is 0 Å². The van der Waals surface area contributed by atoms with Crippen molar-refractivity contribution in [2.24, 2.45) is 0 Å². The monoisotopic (exact) mass is 277 g/mol. The standard InChI is InChI=1S/C13H11NOSe/c15-13(14-11-7-3-1-4-8-11)16-12-9-5-2-6-10-12/h1-10H,(H,14,15). The van der Waals surface area contributed by atoms with Crippen LogP contribution in [0.4, 0.5) is 10.5 Å². The number of hydrogen-bond donors (Lipinski definition) is 1. The van der Waals surface area contributed by atoms with Crippen LogP contribution in [-0.2, 0) is 0 Å². The number of nitrogens with one attached hydrogen (secondary N) is 1. The summed E-state index contributed by atoms with van der Waals surface area (Å²) in [5.74, 6) is 0. The van der Waals surface area contributed by atoms with Crippen LogP contribution in [0.15, 0.2) is 60.7 Å². The molecule has 1 amide bonds. The SMILES string of the molecule is O=C(Nc1ccccc1)[Se]c1ccccc1. The third-order valence-corrected chi connectivity index (χ3v) is 3.64. The van der Waals surface area contributed by atoms with E-state index in [1.807, 2.05) is 60.7 Å². The van der Waals surface area contributed by atoms with Crippen molar-refractivity contribution in [2.75, 3.05) is 5.32 Å². The Bertz CT molecular complexity index is 412. The zero-order valence-electron chi connectivity index (χ0n) is 8.59. The second-order valence-corrected chi connectivity index (χ2v) is 5.39. The number of carbonyl (C=O) groups excluding carboxylic acids is 1. The van der Waals surface area contributed by atoms with Gasteiger partial charge >= 0.3 is 101 Å². The molecule has 2 nitrogen and oxygen atoms in total. The van der Waals surface area contributed by atoms with Crippen molar-refractivity contribution in [3.8, 4) is 0 Å². The number of rotatable bonds is 3. The average molecular weight is 276 g/mol. The van der Waals surface area contributed by atoms with Gasteiger partial charge in [-0.25, -0.2) is 0 Å². The summed E-state index contributed by atoms with van der Waals surface area (Å²) in [5.41, 5.74) is 0.852. The van der Waals surface area contributed by atoms with E-state index in [0.717, 1.165) is 10.1 Å². The second-order valence-electron chi connectivity index (χ2n) is 3.19. The van der Waals surface area contributed by atoms with Crippen molar-refractivity contribution in [3.05, 3.63) is 60.7 Å². The van der Waals surface area contributed by atoms with Crippen LogP contribution in [0.5, 0.6) is 0 Å². The minimum atomic E-state index is -0.170. The Kier molecular flexibility index (Phi) is 3.75. The van der Waals surface area contributed by atoms with E-state index in [1.54, 1.807) is 0 Å². The molecule has 0 spiro atoms. The maximum atomic E-state index is 11.7. The topological polar surface area (TPSA) is 29.1 Å². The predicted octanol–water partition coefficient (Wildman–Crippen LogP) is 2.25. The molecule has 0 heterocycles. The van der Waals surface area contributed by atoms with Gasteiger partial charge in [-0.1, -0.05) is 0 Å². The van der Waals surface area contributed by atoms with Gasteiger partial charge in [0.1, 0.15) is 0 Å². The number of carbonyl (C=O) groups is 1. The number of para-hydroxylation sites is 1. The normalized spacial score (nSPS) is 9.75. The minimum absolute atomic E-state index is 0.0740. The van der Waals surface area contributed by atoms with Crippen LogP contribution in [-0.4, -0.2) is 19.8 Å². The van der Waals surface area contributed by atoms with Crippen molar-refractivity contribution >= 4 is 29.9 Å². The molecule has 0 aliphatic rings. The molecule has 0 saturated carbocycles. The molecule has 2 aromatic carbocycles. The first-order chi connectivity index (χ1) is 7.84. The maximum absolute atomic E-state index is 11.7. The molecule has 0 fully saturated rings. The zero-order valence-corrected chi connectivity index (χ0v) is 10.3. The van der Waals surface area contributed by atoms with Crippen LogP contribution in [0.2, 0.25) is 0 Å². The van der Waals surface area contributed by atoms with Crippen LogP contribution >= 0.6 is 0 Å². The molecule has 0 aliphatic heterocycles. The zero-order chi connectivity index (χ0) is 11.2. The van der Waals surface area contributed by atoms with Gasteiger partial charge in [-0.05, 0) is 0 Å². The molecule has 0 radical (unpaired) electrons. The van der Waals surface area contributed by atoms with Gasteiger partial charge in [0, 0.05) is 0 Å². The first-order valence-corrected chi connectivity index (χ1v) is 6.65. The number of benzene rings is 2. The van der Waals surface area contributed by atoms with Gasteiger partial charge < -0.3 is 0 Å². The Morgan fingerprint density at radius 2 is 1.44 bits per heavy atom. The van der Waals surface area contributed by atoms with E-state index < -0.39 is 0 Å². The van der Waals surface area contributed by atoms with Gasteiger partial charge in [0.05, 0.1) is 0 Å². The van der Waals surface area contributed by atoms with E-state index in [-0.39, 0.29) is 19.8 Å². The van der Waals surface area contributed by atoms with Crippen LogP contribution in [0.3, 0.4) is 0 Å². The summed E-state index contributed by atoms with van der Waals surface area (Å²) in [4.78, 5) is 11.8. The fraction of sp³-hybridized carbons (Fsp3) is 0. The summed E-state index contributed by atoms with van der Waals surface area (Å²) in [6.45, 7) is 0. The Balaban J connectivity index is 1.95. The van der Waals surface area contributed by atoms with Gasteiger partial charge in [0.15, 0.2) is 0 Å². The van der Waals surface area contributed by atoms with Gasteiger partial charge in [-0.15, -0.1) is 0 Å². The Morgan fingerprint density at radius 1 is 0.875 bits per heavy atom. The van der Waals surface area contributed by atoms with E-state index in [4.69, 9.17) is 0 Å². The van der Waals surface area contributed by atoms with Gasteiger partial charge in [-0.2, -0.15) is 0 Å². The van der Waals surface area contributed by atoms with Gasteiger partial charge in [-0.3, -0.25) is 0 Å². The molecular weight excluding hydrogens is 265 g/mol. The van der Waals surface area contributed by atoms with Crippen LogP contribution in [0.1, 0.15) is 0 Å². The molecule has 0 atom stereocenters. The van der Waals surface area contributed by atoms with Crippen molar-refractivity contribution in [3.63, 3.8) is 0 Å². The number of hydrogen-bond acceptors (Lipinski definition) is 1. The van der Waals surface area contributed by atoms with Crippen LogP contribution in [0, 0.1) is 0 Å². The first kappa shape index (κ1) is 10.9. The summed E-state index contributed by atoms with van der Waals surface area (Å²) in [6.07, 6.45) is 0. The molecular formula is C13H11NOSe. The summed E-state index contributed by atoms with van der Waals surface area (Å²) in [6, 6.07) is 19.3. The summed E-state index contributed by atoms with van der Waals surface area (Å²) in [5, 5.41) is 2.88. The van der Waals surface area contributed by atoms with E-state index in [0.29, 0.717) is 0 Å². The van der Waals surface area contributed by atoms with Crippen LogP contribution < -0.4 is 9.78 Å². The van der Waals surface area contributed by atoms with Crippen molar-refractivity contribution in [1.82, 2.24) is 0 Å². The second kappa shape index (κ2) is 5.50. The quantitative estimate of drug-likeness (QED) is 0.856. The molecule has 0 bridgehead atoms.